The van der Waals surface area contributed by atoms with Crippen molar-refractivity contribution < 1.29 is 0 Å². The second-order valence-electron chi connectivity index (χ2n) is 4.69. The summed E-state index contributed by atoms with van der Waals surface area (Å²) in [6.45, 7) is 5.13. The van der Waals surface area contributed by atoms with Crippen LogP contribution in [0, 0.1) is 0 Å². The lowest BCUT2D eigenvalue weighted by atomic mass is 10.1. The molecular formula is C16H21N3S. The number of hydrogen-bond acceptors (Lipinski definition) is 4. The van der Waals surface area contributed by atoms with Gasteiger partial charge < -0.3 is 11.1 Å². The fourth-order valence-electron chi connectivity index (χ4n) is 2.01. The highest BCUT2D eigenvalue weighted by molar-refractivity contribution is 7.99. The molecule has 0 radical (unpaired) electrons. The van der Waals surface area contributed by atoms with E-state index in [1.807, 2.05) is 23.9 Å². The second kappa shape index (κ2) is 7.31. The van der Waals surface area contributed by atoms with Crippen LogP contribution in [-0.2, 0) is 6.54 Å². The number of nitrogens with zero attached hydrogens (tertiary/aromatic N) is 1. The second-order valence-corrected chi connectivity index (χ2v) is 6.03. The van der Waals surface area contributed by atoms with Gasteiger partial charge >= 0.3 is 0 Å². The largest absolute Gasteiger partial charge is 0.384 e. The summed E-state index contributed by atoms with van der Waals surface area (Å²) < 4.78 is 0. The molecule has 0 aliphatic rings. The Bertz CT molecular complexity index is 540. The molecule has 0 saturated carbocycles. The summed E-state index contributed by atoms with van der Waals surface area (Å²) in [7, 11) is 0. The molecule has 3 N–H and O–H groups in total. The zero-order chi connectivity index (χ0) is 14.4. The first kappa shape index (κ1) is 14.9. The normalized spacial score (nSPS) is 12.3. The minimum absolute atomic E-state index is 0.310. The summed E-state index contributed by atoms with van der Waals surface area (Å²) in [6, 6.07) is 13.0. The SMILES string of the molecule is CCSc1ccc(C(C)NCc2ccnc(N)c2)cc1. The lowest BCUT2D eigenvalue weighted by Crippen LogP contribution is -2.18. The molecule has 0 aliphatic carbocycles. The average Bonchev–Trinajstić information content (AvgIpc) is 2.46. The summed E-state index contributed by atoms with van der Waals surface area (Å²) in [5.74, 6) is 1.68. The molecule has 2 aromatic rings. The van der Waals surface area contributed by atoms with Gasteiger partial charge in [-0.3, -0.25) is 0 Å². The number of nitrogen functional groups attached to an aromatic ring is 1. The summed E-state index contributed by atoms with van der Waals surface area (Å²) in [5, 5.41) is 3.50. The molecule has 0 amide bonds. The molecule has 0 aliphatic heterocycles. The van der Waals surface area contributed by atoms with Gasteiger partial charge in [0.1, 0.15) is 5.82 Å². The number of pyridine rings is 1. The molecule has 1 atom stereocenters. The Morgan fingerprint density at radius 1 is 1.25 bits per heavy atom. The zero-order valence-corrected chi connectivity index (χ0v) is 12.8. The van der Waals surface area contributed by atoms with Crippen LogP contribution in [0.2, 0.25) is 0 Å². The Balaban J connectivity index is 1.92. The molecule has 0 spiro atoms. The van der Waals surface area contributed by atoms with E-state index in [4.69, 9.17) is 5.73 Å². The maximum absolute atomic E-state index is 5.68. The van der Waals surface area contributed by atoms with E-state index in [1.165, 1.54) is 10.5 Å². The van der Waals surface area contributed by atoms with E-state index in [1.54, 1.807) is 6.20 Å². The molecule has 106 valence electrons. The lowest BCUT2D eigenvalue weighted by Gasteiger charge is -2.15. The van der Waals surface area contributed by atoms with Crippen LogP contribution in [0.3, 0.4) is 0 Å². The number of rotatable bonds is 6. The Hall–Kier alpha value is -1.52. The molecule has 0 fully saturated rings. The van der Waals surface area contributed by atoms with Crippen molar-refractivity contribution in [2.45, 2.75) is 31.3 Å². The summed E-state index contributed by atoms with van der Waals surface area (Å²) >= 11 is 1.87. The minimum atomic E-state index is 0.310. The maximum Gasteiger partial charge on any atom is 0.123 e. The average molecular weight is 287 g/mol. The van der Waals surface area contributed by atoms with Gasteiger partial charge in [-0.1, -0.05) is 19.1 Å². The molecule has 4 heteroatoms. The van der Waals surface area contributed by atoms with Gasteiger partial charge in [0.25, 0.3) is 0 Å². The van der Waals surface area contributed by atoms with Crippen LogP contribution in [0.4, 0.5) is 5.82 Å². The monoisotopic (exact) mass is 287 g/mol. The number of nitrogens with two attached hydrogens (primary N) is 1. The van der Waals surface area contributed by atoms with Crippen molar-refractivity contribution in [1.29, 1.82) is 0 Å². The van der Waals surface area contributed by atoms with Crippen molar-refractivity contribution in [3.63, 3.8) is 0 Å². The Morgan fingerprint density at radius 3 is 2.65 bits per heavy atom. The molecule has 0 saturated heterocycles. The van der Waals surface area contributed by atoms with Gasteiger partial charge in [-0.25, -0.2) is 4.98 Å². The summed E-state index contributed by atoms with van der Waals surface area (Å²) in [6.07, 6.45) is 1.74. The van der Waals surface area contributed by atoms with Crippen LogP contribution in [0.15, 0.2) is 47.5 Å². The smallest absolute Gasteiger partial charge is 0.123 e. The standard InChI is InChI=1S/C16H21N3S/c1-3-20-15-6-4-14(5-7-15)12(2)19-11-13-8-9-18-16(17)10-13/h4-10,12,19H,3,11H2,1-2H3,(H2,17,18). The topological polar surface area (TPSA) is 50.9 Å². The fourth-order valence-corrected chi connectivity index (χ4v) is 2.67. The number of nitrogens with one attached hydrogen (secondary N) is 1. The fraction of sp³-hybridized carbons (Fsp3) is 0.312. The number of anilines is 1. The van der Waals surface area contributed by atoms with Gasteiger partial charge in [0.2, 0.25) is 0 Å². The lowest BCUT2D eigenvalue weighted by molar-refractivity contribution is 0.574. The maximum atomic E-state index is 5.68. The molecule has 0 bridgehead atoms. The van der Waals surface area contributed by atoms with E-state index in [9.17, 15) is 0 Å². The van der Waals surface area contributed by atoms with E-state index < -0.39 is 0 Å². The summed E-state index contributed by atoms with van der Waals surface area (Å²) in [4.78, 5) is 5.32. The van der Waals surface area contributed by atoms with E-state index in [0.29, 0.717) is 11.9 Å². The van der Waals surface area contributed by atoms with Gasteiger partial charge in [0, 0.05) is 23.7 Å². The minimum Gasteiger partial charge on any atom is -0.384 e. The van der Waals surface area contributed by atoms with E-state index in [0.717, 1.165) is 17.9 Å². The molecular weight excluding hydrogens is 266 g/mol. The van der Waals surface area contributed by atoms with Gasteiger partial charge in [-0.2, -0.15) is 0 Å². The molecule has 3 nitrogen and oxygen atoms in total. The predicted octanol–water partition coefficient (Wildman–Crippen LogP) is 3.63. The quantitative estimate of drug-likeness (QED) is 0.797. The van der Waals surface area contributed by atoms with E-state index in [-0.39, 0.29) is 0 Å². The van der Waals surface area contributed by atoms with Gasteiger partial charge in [0.05, 0.1) is 0 Å². The molecule has 1 unspecified atom stereocenters. The van der Waals surface area contributed by atoms with Crippen LogP contribution in [-0.4, -0.2) is 10.7 Å². The van der Waals surface area contributed by atoms with Crippen molar-refractivity contribution in [2.75, 3.05) is 11.5 Å². The third-order valence-corrected chi connectivity index (χ3v) is 4.04. The molecule has 1 aromatic heterocycles. The van der Waals surface area contributed by atoms with Gasteiger partial charge in [-0.15, -0.1) is 11.8 Å². The number of aromatic nitrogens is 1. The van der Waals surface area contributed by atoms with Crippen molar-refractivity contribution in [2.24, 2.45) is 0 Å². The first-order valence-corrected chi connectivity index (χ1v) is 7.84. The van der Waals surface area contributed by atoms with E-state index in [2.05, 4.69) is 48.4 Å². The Labute approximate surface area is 125 Å². The van der Waals surface area contributed by atoms with Crippen molar-refractivity contribution in [3.8, 4) is 0 Å². The van der Waals surface area contributed by atoms with Crippen molar-refractivity contribution >= 4 is 17.6 Å². The highest BCUT2D eigenvalue weighted by atomic mass is 32.2. The number of benzene rings is 1. The molecule has 1 heterocycles. The third kappa shape index (κ3) is 4.25. The van der Waals surface area contributed by atoms with Crippen LogP contribution >= 0.6 is 11.8 Å². The van der Waals surface area contributed by atoms with Crippen molar-refractivity contribution in [1.82, 2.24) is 10.3 Å². The molecule has 2 rings (SSSR count). The van der Waals surface area contributed by atoms with Crippen LogP contribution in [0.5, 0.6) is 0 Å². The van der Waals surface area contributed by atoms with Crippen LogP contribution in [0.25, 0.3) is 0 Å². The number of hydrogen-bond donors (Lipinski definition) is 2. The van der Waals surface area contributed by atoms with Crippen LogP contribution < -0.4 is 11.1 Å². The van der Waals surface area contributed by atoms with E-state index >= 15 is 0 Å². The van der Waals surface area contributed by atoms with Crippen LogP contribution in [0.1, 0.15) is 31.0 Å². The predicted molar refractivity (Wildman–Crippen MR) is 86.7 cm³/mol. The van der Waals surface area contributed by atoms with Gasteiger partial charge in [-0.05, 0) is 48.1 Å². The molecule has 1 aromatic carbocycles. The zero-order valence-electron chi connectivity index (χ0n) is 12.0. The third-order valence-electron chi connectivity index (χ3n) is 3.15. The van der Waals surface area contributed by atoms with Crippen molar-refractivity contribution in [3.05, 3.63) is 53.7 Å². The first-order chi connectivity index (χ1) is 9.69. The number of thioether (sulfide) groups is 1. The first-order valence-electron chi connectivity index (χ1n) is 6.85. The summed E-state index contributed by atoms with van der Waals surface area (Å²) in [5.41, 5.74) is 8.13. The molecule has 20 heavy (non-hydrogen) atoms. The highest BCUT2D eigenvalue weighted by Gasteiger charge is 2.05. The van der Waals surface area contributed by atoms with Gasteiger partial charge in [0.15, 0.2) is 0 Å². The Kier molecular flexibility index (Phi) is 5.44. The Morgan fingerprint density at radius 2 is 2.00 bits per heavy atom. The highest BCUT2D eigenvalue weighted by Crippen LogP contribution is 2.21.